The summed E-state index contributed by atoms with van der Waals surface area (Å²) in [7, 11) is 0. The Balaban J connectivity index is 3.56. The second-order valence-corrected chi connectivity index (χ2v) is 2.77. The van der Waals surface area contributed by atoms with Gasteiger partial charge in [-0.3, -0.25) is 0 Å². The largest absolute Gasteiger partial charge is 0.0887 e. The summed E-state index contributed by atoms with van der Waals surface area (Å²) in [4.78, 5) is 0. The van der Waals surface area contributed by atoms with Crippen LogP contribution >= 0.6 is 0 Å². The van der Waals surface area contributed by atoms with Gasteiger partial charge in [0.25, 0.3) is 0 Å². The molecular weight excluding hydrogens is 120 g/mol. The Hall–Kier alpha value is -0.520. The van der Waals surface area contributed by atoms with Crippen LogP contribution in [-0.2, 0) is 0 Å². The Bertz CT molecular complexity index is 120. The first-order valence-corrected chi connectivity index (χ1v) is 3.94. The van der Waals surface area contributed by atoms with Crippen LogP contribution in [0.15, 0.2) is 23.3 Å². The maximum atomic E-state index is 2.18. The van der Waals surface area contributed by atoms with Crippen molar-refractivity contribution in [3.8, 4) is 0 Å². The highest BCUT2D eigenvalue weighted by Gasteiger charge is 1.89. The predicted molar refractivity (Wildman–Crippen MR) is 48.1 cm³/mol. The highest BCUT2D eigenvalue weighted by atomic mass is 14.0. The van der Waals surface area contributed by atoms with Gasteiger partial charge in [-0.1, -0.05) is 23.3 Å². The molecule has 0 atom stereocenters. The van der Waals surface area contributed by atoms with E-state index in [4.69, 9.17) is 0 Å². The molecule has 0 spiro atoms. The number of allylic oxidation sites excluding steroid dienone is 4. The minimum atomic E-state index is 1.21. The average Bonchev–Trinajstić information content (AvgIpc) is 1.99. The molecule has 0 fully saturated rings. The molecule has 0 rings (SSSR count). The molecule has 10 heavy (non-hydrogen) atoms. The quantitative estimate of drug-likeness (QED) is 0.522. The van der Waals surface area contributed by atoms with E-state index < -0.39 is 0 Å². The molecule has 0 amide bonds. The molecule has 58 valence electrons. The van der Waals surface area contributed by atoms with Gasteiger partial charge in [-0.15, -0.1) is 0 Å². The fourth-order valence-corrected chi connectivity index (χ4v) is 0.683. The van der Waals surface area contributed by atoms with E-state index >= 15 is 0 Å². The summed E-state index contributed by atoms with van der Waals surface area (Å²) in [5, 5.41) is 0. The van der Waals surface area contributed by atoms with E-state index in [-0.39, 0.29) is 0 Å². The SMILES string of the molecule is CC=C(C)CCC(C)=CC. The predicted octanol–water partition coefficient (Wildman–Crippen LogP) is 3.70. The van der Waals surface area contributed by atoms with Gasteiger partial charge in [0.2, 0.25) is 0 Å². The number of rotatable bonds is 3. The molecule has 0 nitrogen and oxygen atoms in total. The van der Waals surface area contributed by atoms with Crippen molar-refractivity contribution in [1.82, 2.24) is 0 Å². The van der Waals surface area contributed by atoms with Crippen LogP contribution in [0.25, 0.3) is 0 Å². The summed E-state index contributed by atoms with van der Waals surface area (Å²) in [5.41, 5.74) is 2.97. The summed E-state index contributed by atoms with van der Waals surface area (Å²) in [6, 6.07) is 0. The number of hydrogen-bond acceptors (Lipinski definition) is 0. The summed E-state index contributed by atoms with van der Waals surface area (Å²) in [5.74, 6) is 0. The van der Waals surface area contributed by atoms with Crippen molar-refractivity contribution < 1.29 is 0 Å². The van der Waals surface area contributed by atoms with E-state index in [2.05, 4.69) is 39.8 Å². The Labute approximate surface area is 64.6 Å². The minimum Gasteiger partial charge on any atom is -0.0887 e. The van der Waals surface area contributed by atoms with Crippen molar-refractivity contribution in [3.05, 3.63) is 23.3 Å². The first kappa shape index (κ1) is 9.48. The zero-order valence-electron chi connectivity index (χ0n) is 7.57. The standard InChI is InChI=1S/C10H18/c1-5-9(3)7-8-10(4)6-2/h5-6H,7-8H2,1-4H3. The van der Waals surface area contributed by atoms with E-state index in [0.29, 0.717) is 0 Å². The second kappa shape index (κ2) is 5.28. The van der Waals surface area contributed by atoms with Crippen LogP contribution < -0.4 is 0 Å². The molecule has 0 radical (unpaired) electrons. The number of hydrogen-bond donors (Lipinski definition) is 0. The molecule has 0 heterocycles. The van der Waals surface area contributed by atoms with Gasteiger partial charge in [0.15, 0.2) is 0 Å². The Morgan fingerprint density at radius 3 is 1.40 bits per heavy atom. The zero-order valence-corrected chi connectivity index (χ0v) is 7.57. The summed E-state index contributed by atoms with van der Waals surface area (Å²) < 4.78 is 0. The maximum absolute atomic E-state index is 2.18. The zero-order chi connectivity index (χ0) is 7.98. The van der Waals surface area contributed by atoms with Crippen molar-refractivity contribution in [2.45, 2.75) is 40.5 Å². The van der Waals surface area contributed by atoms with E-state index in [0.717, 1.165) is 0 Å². The second-order valence-electron chi connectivity index (χ2n) is 2.77. The van der Waals surface area contributed by atoms with Gasteiger partial charge in [-0.2, -0.15) is 0 Å². The van der Waals surface area contributed by atoms with Gasteiger partial charge in [-0.25, -0.2) is 0 Å². The molecule has 0 aromatic carbocycles. The van der Waals surface area contributed by atoms with Crippen molar-refractivity contribution >= 4 is 0 Å². The fraction of sp³-hybridized carbons (Fsp3) is 0.600. The third-order valence-electron chi connectivity index (χ3n) is 1.90. The minimum absolute atomic E-state index is 1.21. The molecule has 0 aliphatic rings. The van der Waals surface area contributed by atoms with Crippen LogP contribution in [0.4, 0.5) is 0 Å². The lowest BCUT2D eigenvalue weighted by Crippen LogP contribution is -1.79. The summed E-state index contributed by atoms with van der Waals surface area (Å²) in [6.07, 6.45) is 6.80. The average molecular weight is 138 g/mol. The first-order chi connectivity index (χ1) is 4.70. The molecule has 0 aliphatic heterocycles. The van der Waals surface area contributed by atoms with E-state index in [1.807, 2.05) is 0 Å². The monoisotopic (exact) mass is 138 g/mol. The molecule has 0 bridgehead atoms. The van der Waals surface area contributed by atoms with Crippen LogP contribution in [0.5, 0.6) is 0 Å². The molecule has 0 N–H and O–H groups in total. The molecule has 0 heteroatoms. The molecular formula is C10H18. The van der Waals surface area contributed by atoms with Gasteiger partial charge in [0.1, 0.15) is 0 Å². The highest BCUT2D eigenvalue weighted by molar-refractivity contribution is 5.03. The molecule has 0 saturated heterocycles. The Morgan fingerprint density at radius 2 is 1.20 bits per heavy atom. The lowest BCUT2D eigenvalue weighted by Gasteiger charge is -1.99. The van der Waals surface area contributed by atoms with Crippen molar-refractivity contribution in [3.63, 3.8) is 0 Å². The van der Waals surface area contributed by atoms with E-state index in [1.165, 1.54) is 24.0 Å². The normalized spacial score (nSPS) is 14.0. The third kappa shape index (κ3) is 4.37. The molecule has 0 saturated carbocycles. The fourth-order valence-electron chi connectivity index (χ4n) is 0.683. The van der Waals surface area contributed by atoms with Crippen LogP contribution in [0.3, 0.4) is 0 Å². The Morgan fingerprint density at radius 1 is 0.900 bits per heavy atom. The molecule has 0 unspecified atom stereocenters. The van der Waals surface area contributed by atoms with Crippen molar-refractivity contribution in [2.75, 3.05) is 0 Å². The summed E-state index contributed by atoms with van der Waals surface area (Å²) in [6.45, 7) is 8.56. The van der Waals surface area contributed by atoms with Gasteiger partial charge in [0, 0.05) is 0 Å². The maximum Gasteiger partial charge on any atom is -0.0286 e. The Kier molecular flexibility index (Phi) is 5.00. The van der Waals surface area contributed by atoms with Crippen LogP contribution in [0.2, 0.25) is 0 Å². The third-order valence-corrected chi connectivity index (χ3v) is 1.90. The lowest BCUT2D eigenvalue weighted by molar-refractivity contribution is 0.919. The van der Waals surface area contributed by atoms with Crippen molar-refractivity contribution in [2.24, 2.45) is 0 Å². The van der Waals surface area contributed by atoms with Gasteiger partial charge < -0.3 is 0 Å². The van der Waals surface area contributed by atoms with Crippen LogP contribution in [0, 0.1) is 0 Å². The lowest BCUT2D eigenvalue weighted by atomic mass is 10.1. The molecule has 0 aromatic rings. The van der Waals surface area contributed by atoms with Crippen molar-refractivity contribution in [1.29, 1.82) is 0 Å². The summed E-state index contributed by atoms with van der Waals surface area (Å²) >= 11 is 0. The molecule has 0 aliphatic carbocycles. The topological polar surface area (TPSA) is 0 Å². The van der Waals surface area contributed by atoms with Crippen LogP contribution in [0.1, 0.15) is 40.5 Å². The van der Waals surface area contributed by atoms with E-state index in [1.54, 1.807) is 0 Å². The van der Waals surface area contributed by atoms with Gasteiger partial charge in [-0.05, 0) is 40.5 Å². The highest BCUT2D eigenvalue weighted by Crippen LogP contribution is 2.09. The van der Waals surface area contributed by atoms with Gasteiger partial charge in [0.05, 0.1) is 0 Å². The smallest absolute Gasteiger partial charge is 0.0286 e. The van der Waals surface area contributed by atoms with E-state index in [9.17, 15) is 0 Å². The first-order valence-electron chi connectivity index (χ1n) is 3.94. The van der Waals surface area contributed by atoms with Crippen LogP contribution in [-0.4, -0.2) is 0 Å². The van der Waals surface area contributed by atoms with Gasteiger partial charge >= 0.3 is 0 Å². The molecule has 0 aromatic heterocycles.